The highest BCUT2D eigenvalue weighted by atomic mass is 32.2. The van der Waals surface area contributed by atoms with Crippen LogP contribution in [-0.2, 0) is 25.0 Å². The molecule has 41 heavy (non-hydrogen) atoms. The van der Waals surface area contributed by atoms with Crippen LogP contribution in [0.4, 0.5) is 26.7 Å². The van der Waals surface area contributed by atoms with Crippen molar-refractivity contribution >= 4 is 51.0 Å². The number of rotatable bonds is 8. The van der Waals surface area contributed by atoms with Crippen LogP contribution in [0.15, 0.2) is 30.3 Å². The zero-order chi connectivity index (χ0) is 30.9. The predicted molar refractivity (Wildman–Crippen MR) is 152 cm³/mol. The molecule has 0 aromatic heterocycles. The summed E-state index contributed by atoms with van der Waals surface area (Å²) in [7, 11) is -1.40. The van der Waals surface area contributed by atoms with Crippen LogP contribution in [0, 0.1) is 0 Å². The van der Waals surface area contributed by atoms with Crippen molar-refractivity contribution in [3.63, 3.8) is 0 Å². The first-order chi connectivity index (χ1) is 19.0. The highest BCUT2D eigenvalue weighted by molar-refractivity contribution is 7.92. The number of imide groups is 1. The molecule has 1 unspecified atom stereocenters. The molecule has 2 aromatic rings. The monoisotopic (exact) mass is 590 g/mol. The van der Waals surface area contributed by atoms with Gasteiger partial charge in [-0.05, 0) is 42.7 Å². The molecule has 0 bridgehead atoms. The molecule has 0 aliphatic carbocycles. The molecule has 14 heteroatoms. The van der Waals surface area contributed by atoms with E-state index in [0.29, 0.717) is 11.3 Å². The van der Waals surface area contributed by atoms with Crippen LogP contribution in [0.2, 0.25) is 0 Å². The lowest BCUT2D eigenvalue weighted by molar-refractivity contribution is -0.120. The van der Waals surface area contributed by atoms with E-state index in [4.69, 9.17) is 9.47 Å². The fourth-order valence-corrected chi connectivity index (χ4v) is 5.22. The quantitative estimate of drug-likeness (QED) is 0.413. The number of anilines is 3. The van der Waals surface area contributed by atoms with Gasteiger partial charge in [0.05, 0.1) is 30.7 Å². The number of benzene rings is 2. The first kappa shape index (κ1) is 31.4. The van der Waals surface area contributed by atoms with Gasteiger partial charge in [-0.25, -0.2) is 18.0 Å². The number of sulfonamides is 1. The number of nitrogens with one attached hydrogen (secondary N) is 2. The normalized spacial score (nSPS) is 14.8. The van der Waals surface area contributed by atoms with Gasteiger partial charge in [-0.2, -0.15) is 4.31 Å². The third-order valence-electron chi connectivity index (χ3n) is 6.50. The van der Waals surface area contributed by atoms with Gasteiger partial charge in [-0.3, -0.25) is 19.8 Å². The van der Waals surface area contributed by atoms with Crippen LogP contribution < -0.4 is 24.6 Å². The molecule has 1 aliphatic rings. The largest absolute Gasteiger partial charge is 0.496 e. The summed E-state index contributed by atoms with van der Waals surface area (Å²) < 4.78 is 35.7. The Labute approximate surface area is 238 Å². The molecular formula is C27H34N4O9S. The average Bonchev–Trinajstić information content (AvgIpc) is 2.86. The van der Waals surface area contributed by atoms with Gasteiger partial charge in [0, 0.05) is 42.6 Å². The summed E-state index contributed by atoms with van der Waals surface area (Å²) in [6, 6.07) is 6.67. The van der Waals surface area contributed by atoms with Crippen molar-refractivity contribution in [2.45, 2.75) is 45.6 Å². The number of carboxylic acid groups (broad SMARTS) is 1. The van der Waals surface area contributed by atoms with Gasteiger partial charge in [-0.1, -0.05) is 20.8 Å². The van der Waals surface area contributed by atoms with E-state index in [0.717, 1.165) is 6.26 Å². The maximum Gasteiger partial charge on any atom is 0.425 e. The lowest BCUT2D eigenvalue weighted by Gasteiger charge is -2.30. The number of ether oxygens (including phenoxy) is 2. The van der Waals surface area contributed by atoms with Crippen molar-refractivity contribution in [1.29, 1.82) is 0 Å². The standard InChI is InChI=1S/C27H34N4O9S/c1-15(39-5)18-12-16(8-9-21(18)31(26(35)36)41(7,37)38)28-24(33)19-13-17(30-11-10-22(32)29-25(30)34)14-20(23(19)40-6)27(2,3)4/h8-9,12-15H,10-11H2,1-7H3,(H,28,33)(H,35,36)(H,29,32,34). The lowest BCUT2D eigenvalue weighted by Crippen LogP contribution is -2.49. The molecule has 1 fully saturated rings. The summed E-state index contributed by atoms with van der Waals surface area (Å²) in [5.41, 5.74) is 0.904. The molecule has 1 saturated heterocycles. The zero-order valence-corrected chi connectivity index (χ0v) is 24.7. The van der Waals surface area contributed by atoms with Crippen LogP contribution in [0.3, 0.4) is 0 Å². The third-order valence-corrected chi connectivity index (χ3v) is 7.51. The average molecular weight is 591 g/mol. The van der Waals surface area contributed by atoms with Crippen molar-refractivity contribution in [2.75, 3.05) is 41.5 Å². The minimum atomic E-state index is -4.20. The Morgan fingerprint density at radius 3 is 2.32 bits per heavy atom. The minimum absolute atomic E-state index is 0.0950. The molecule has 222 valence electrons. The van der Waals surface area contributed by atoms with E-state index in [1.54, 1.807) is 13.0 Å². The number of carbonyl (C=O) groups excluding carboxylic acids is 3. The zero-order valence-electron chi connectivity index (χ0n) is 23.9. The fraction of sp³-hybridized carbons (Fsp3) is 0.407. The van der Waals surface area contributed by atoms with Crippen LogP contribution in [0.5, 0.6) is 5.75 Å². The molecule has 3 rings (SSSR count). The third kappa shape index (κ3) is 6.77. The highest BCUT2D eigenvalue weighted by Gasteiger charge is 2.32. The fourth-order valence-electron chi connectivity index (χ4n) is 4.42. The summed E-state index contributed by atoms with van der Waals surface area (Å²) in [6.07, 6.45) is -1.58. The Kier molecular flexibility index (Phi) is 8.98. The van der Waals surface area contributed by atoms with Gasteiger partial charge < -0.3 is 19.9 Å². The summed E-state index contributed by atoms with van der Waals surface area (Å²) in [5.74, 6) is -0.719. The van der Waals surface area contributed by atoms with E-state index >= 15 is 0 Å². The Balaban J connectivity index is 2.12. The van der Waals surface area contributed by atoms with E-state index in [-0.39, 0.29) is 45.5 Å². The van der Waals surface area contributed by atoms with Crippen molar-refractivity contribution < 1.29 is 42.2 Å². The van der Waals surface area contributed by atoms with Crippen LogP contribution in [0.25, 0.3) is 0 Å². The predicted octanol–water partition coefficient (Wildman–Crippen LogP) is 3.84. The second-order valence-corrected chi connectivity index (χ2v) is 12.3. The number of amides is 5. The maximum absolute atomic E-state index is 13.7. The van der Waals surface area contributed by atoms with Gasteiger partial charge in [0.1, 0.15) is 5.75 Å². The highest BCUT2D eigenvalue weighted by Crippen LogP contribution is 2.39. The van der Waals surface area contributed by atoms with Gasteiger partial charge >= 0.3 is 12.1 Å². The summed E-state index contributed by atoms with van der Waals surface area (Å²) in [5, 5.41) is 14.6. The number of methoxy groups -OCH3 is 2. The van der Waals surface area contributed by atoms with E-state index in [9.17, 15) is 32.7 Å². The molecule has 13 nitrogen and oxygen atoms in total. The van der Waals surface area contributed by atoms with Crippen molar-refractivity contribution in [2.24, 2.45) is 0 Å². The molecule has 1 atom stereocenters. The summed E-state index contributed by atoms with van der Waals surface area (Å²) in [6.45, 7) is 7.49. The molecule has 5 amide bonds. The first-order valence-electron chi connectivity index (χ1n) is 12.5. The van der Waals surface area contributed by atoms with Crippen molar-refractivity contribution in [3.8, 4) is 5.75 Å². The van der Waals surface area contributed by atoms with Gasteiger partial charge in [0.15, 0.2) is 0 Å². The molecule has 0 radical (unpaired) electrons. The first-order valence-corrected chi connectivity index (χ1v) is 14.4. The van der Waals surface area contributed by atoms with E-state index in [1.165, 1.54) is 43.4 Å². The van der Waals surface area contributed by atoms with Gasteiger partial charge in [0.25, 0.3) is 5.91 Å². The Hall–Kier alpha value is -4.17. The van der Waals surface area contributed by atoms with Crippen LogP contribution >= 0.6 is 0 Å². The van der Waals surface area contributed by atoms with Crippen molar-refractivity contribution in [3.05, 3.63) is 47.0 Å². The van der Waals surface area contributed by atoms with Crippen molar-refractivity contribution in [1.82, 2.24) is 5.32 Å². The Bertz CT molecular complexity index is 1500. The number of hydrogen-bond donors (Lipinski definition) is 3. The molecule has 1 heterocycles. The Morgan fingerprint density at radius 2 is 1.80 bits per heavy atom. The lowest BCUT2D eigenvalue weighted by atomic mass is 9.84. The van der Waals surface area contributed by atoms with E-state index < -0.39 is 45.5 Å². The summed E-state index contributed by atoms with van der Waals surface area (Å²) >= 11 is 0. The Morgan fingerprint density at radius 1 is 1.15 bits per heavy atom. The topological polar surface area (TPSA) is 172 Å². The minimum Gasteiger partial charge on any atom is -0.496 e. The molecule has 0 spiro atoms. The van der Waals surface area contributed by atoms with Gasteiger partial charge in [-0.15, -0.1) is 0 Å². The molecule has 2 aromatic carbocycles. The second-order valence-electron chi connectivity index (χ2n) is 10.5. The smallest absolute Gasteiger partial charge is 0.425 e. The summed E-state index contributed by atoms with van der Waals surface area (Å²) in [4.78, 5) is 51.1. The van der Waals surface area contributed by atoms with E-state index in [2.05, 4.69) is 10.6 Å². The number of hydrogen-bond acceptors (Lipinski definition) is 8. The SMILES string of the molecule is COc1c(C(=O)Nc2ccc(N(C(=O)O)S(C)(=O)=O)c(C(C)OC)c2)cc(N2CCC(=O)NC2=O)cc1C(C)(C)C. The molecule has 1 aliphatic heterocycles. The second kappa shape index (κ2) is 11.7. The molecule has 3 N–H and O–H groups in total. The number of urea groups is 1. The van der Waals surface area contributed by atoms with Crippen LogP contribution in [0.1, 0.15) is 61.7 Å². The molecular weight excluding hydrogens is 556 g/mol. The van der Waals surface area contributed by atoms with Crippen LogP contribution in [-0.4, -0.2) is 64.5 Å². The van der Waals surface area contributed by atoms with Gasteiger partial charge in [0.2, 0.25) is 15.9 Å². The number of carbonyl (C=O) groups is 4. The molecule has 0 saturated carbocycles. The van der Waals surface area contributed by atoms with E-state index in [1.807, 2.05) is 20.8 Å². The number of nitrogens with zero attached hydrogens (tertiary/aromatic N) is 2. The maximum atomic E-state index is 13.7.